The van der Waals surface area contributed by atoms with Gasteiger partial charge in [0.2, 0.25) is 0 Å². The number of aryl methyl sites for hydroxylation is 2. The third kappa shape index (κ3) is 1.97. The fourth-order valence-electron chi connectivity index (χ4n) is 2.35. The van der Waals surface area contributed by atoms with Crippen molar-refractivity contribution in [1.29, 1.82) is 0 Å². The molecule has 1 aromatic heterocycles. The Morgan fingerprint density at radius 1 is 1.00 bits per heavy atom. The van der Waals surface area contributed by atoms with Crippen molar-refractivity contribution in [2.75, 3.05) is 0 Å². The smallest absolute Gasteiger partial charge is 0.354 e. The van der Waals surface area contributed by atoms with E-state index >= 15 is 0 Å². The van der Waals surface area contributed by atoms with E-state index in [1.165, 1.54) is 0 Å². The van der Waals surface area contributed by atoms with E-state index in [0.717, 1.165) is 22.3 Å². The van der Waals surface area contributed by atoms with Crippen molar-refractivity contribution in [2.45, 2.75) is 27.7 Å². The van der Waals surface area contributed by atoms with Gasteiger partial charge in [-0.3, -0.25) is 15.0 Å². The molecule has 1 heterocycles. The average molecular weight is 260 g/mol. The summed E-state index contributed by atoms with van der Waals surface area (Å²) in [5, 5.41) is 13.9. The summed E-state index contributed by atoms with van der Waals surface area (Å²) in [6.07, 6.45) is 0. The molecule has 100 valence electrons. The van der Waals surface area contributed by atoms with Crippen LogP contribution in [0.5, 0.6) is 0 Å². The Kier molecular flexibility index (Phi) is 3.06. The van der Waals surface area contributed by atoms with Crippen LogP contribution in [-0.2, 0) is 0 Å². The summed E-state index contributed by atoms with van der Waals surface area (Å²) in [4.78, 5) is 23.1. The van der Waals surface area contributed by atoms with Crippen LogP contribution < -0.4 is 5.56 Å². The number of rotatable bonds is 2. The third-order valence-corrected chi connectivity index (χ3v) is 3.61. The first kappa shape index (κ1) is 13.1. The minimum atomic E-state index is -1.15. The van der Waals surface area contributed by atoms with Gasteiger partial charge in [-0.2, -0.15) is 0 Å². The lowest BCUT2D eigenvalue weighted by Crippen LogP contribution is -2.08. The molecule has 0 radical (unpaired) electrons. The molecule has 0 saturated carbocycles. The highest BCUT2D eigenvalue weighted by Gasteiger charge is 2.22. The molecular formula is C14H16N2O3. The highest BCUT2D eigenvalue weighted by Crippen LogP contribution is 2.31. The molecule has 0 bridgehead atoms. The van der Waals surface area contributed by atoms with E-state index in [-0.39, 0.29) is 11.3 Å². The van der Waals surface area contributed by atoms with Crippen LogP contribution in [0.1, 0.15) is 32.7 Å². The maximum absolute atomic E-state index is 11.9. The Balaban J connectivity index is 2.91. The second-order valence-corrected chi connectivity index (χ2v) is 4.77. The SMILES string of the molecule is Cc1cc(C)c(C)c(-c2c(C(=O)O)[nH][nH]c2=O)c1C. The van der Waals surface area contributed by atoms with Gasteiger partial charge in [0.25, 0.3) is 5.56 Å². The number of carboxylic acids is 1. The van der Waals surface area contributed by atoms with E-state index < -0.39 is 11.5 Å². The van der Waals surface area contributed by atoms with Gasteiger partial charge in [0.15, 0.2) is 5.69 Å². The highest BCUT2D eigenvalue weighted by molar-refractivity contribution is 5.95. The molecule has 19 heavy (non-hydrogen) atoms. The molecular weight excluding hydrogens is 244 g/mol. The Morgan fingerprint density at radius 2 is 1.53 bits per heavy atom. The zero-order chi connectivity index (χ0) is 14.3. The van der Waals surface area contributed by atoms with Gasteiger partial charge in [0.1, 0.15) is 0 Å². The monoisotopic (exact) mass is 260 g/mol. The number of carbonyl (C=O) groups is 1. The van der Waals surface area contributed by atoms with Crippen LogP contribution in [0.4, 0.5) is 0 Å². The molecule has 0 unspecified atom stereocenters. The molecule has 0 atom stereocenters. The van der Waals surface area contributed by atoms with Crippen LogP contribution in [0.3, 0.4) is 0 Å². The molecule has 2 aromatic rings. The quantitative estimate of drug-likeness (QED) is 0.774. The summed E-state index contributed by atoms with van der Waals surface area (Å²) in [6, 6.07) is 2.04. The molecule has 0 aliphatic carbocycles. The zero-order valence-electron chi connectivity index (χ0n) is 11.3. The molecule has 0 amide bonds. The maximum atomic E-state index is 11.9. The minimum absolute atomic E-state index is 0.0961. The number of aromatic carboxylic acids is 1. The van der Waals surface area contributed by atoms with Gasteiger partial charge >= 0.3 is 5.97 Å². The van der Waals surface area contributed by atoms with E-state index in [4.69, 9.17) is 0 Å². The van der Waals surface area contributed by atoms with Gasteiger partial charge in [-0.05, 0) is 55.5 Å². The van der Waals surface area contributed by atoms with Crippen LogP contribution in [-0.4, -0.2) is 21.3 Å². The van der Waals surface area contributed by atoms with E-state index in [0.29, 0.717) is 5.56 Å². The summed E-state index contributed by atoms with van der Waals surface area (Å²) in [5.74, 6) is -1.15. The number of aromatic amines is 2. The molecule has 0 saturated heterocycles. The Labute approximate surface area is 110 Å². The Bertz CT molecular complexity index is 697. The van der Waals surface area contributed by atoms with Gasteiger partial charge in [0.05, 0.1) is 5.56 Å². The van der Waals surface area contributed by atoms with Crippen LogP contribution in [0.2, 0.25) is 0 Å². The predicted molar refractivity (Wildman–Crippen MR) is 72.8 cm³/mol. The standard InChI is InChI=1S/C14H16N2O3/c1-6-5-7(2)9(4)10(8(6)3)11-12(14(18)19)15-16-13(11)17/h5H,1-4H3,(H,18,19)(H2,15,16,17). The zero-order valence-corrected chi connectivity index (χ0v) is 11.3. The first-order chi connectivity index (χ1) is 8.84. The number of hydrogen-bond donors (Lipinski definition) is 3. The van der Waals surface area contributed by atoms with Crippen LogP contribution in [0.15, 0.2) is 10.9 Å². The lowest BCUT2D eigenvalue weighted by molar-refractivity contribution is 0.0691. The molecule has 0 spiro atoms. The number of nitrogens with one attached hydrogen (secondary N) is 2. The molecule has 5 nitrogen and oxygen atoms in total. The predicted octanol–water partition coefficient (Wildman–Crippen LogP) is 2.30. The first-order valence-corrected chi connectivity index (χ1v) is 5.96. The second-order valence-electron chi connectivity index (χ2n) is 4.77. The number of carboxylic acid groups (broad SMARTS) is 1. The van der Waals surface area contributed by atoms with Gasteiger partial charge in [-0.1, -0.05) is 6.07 Å². The normalized spacial score (nSPS) is 10.7. The van der Waals surface area contributed by atoms with Crippen molar-refractivity contribution in [3.63, 3.8) is 0 Å². The molecule has 3 N–H and O–H groups in total. The second kappa shape index (κ2) is 4.42. The molecule has 0 aliphatic heterocycles. The number of H-pyrrole nitrogens is 2. The molecule has 0 aliphatic rings. The van der Waals surface area contributed by atoms with E-state index in [9.17, 15) is 14.7 Å². The molecule has 2 rings (SSSR count). The average Bonchev–Trinajstić information content (AvgIpc) is 2.70. The summed E-state index contributed by atoms with van der Waals surface area (Å²) in [5.41, 5.74) is 4.33. The minimum Gasteiger partial charge on any atom is -0.477 e. The summed E-state index contributed by atoms with van der Waals surface area (Å²) < 4.78 is 0. The molecule has 0 fully saturated rings. The summed E-state index contributed by atoms with van der Waals surface area (Å²) >= 11 is 0. The first-order valence-electron chi connectivity index (χ1n) is 5.96. The van der Waals surface area contributed by atoms with Gasteiger partial charge < -0.3 is 5.11 Å². The third-order valence-electron chi connectivity index (χ3n) is 3.61. The Hall–Kier alpha value is -2.30. The maximum Gasteiger partial charge on any atom is 0.354 e. The largest absolute Gasteiger partial charge is 0.477 e. The lowest BCUT2D eigenvalue weighted by Gasteiger charge is -2.14. The van der Waals surface area contributed by atoms with Crippen LogP contribution in [0, 0.1) is 27.7 Å². The fourth-order valence-corrected chi connectivity index (χ4v) is 2.35. The van der Waals surface area contributed by atoms with Crippen molar-refractivity contribution < 1.29 is 9.90 Å². The van der Waals surface area contributed by atoms with Crippen molar-refractivity contribution in [2.24, 2.45) is 0 Å². The number of aromatic nitrogens is 2. The van der Waals surface area contributed by atoms with Crippen molar-refractivity contribution in [1.82, 2.24) is 10.2 Å². The lowest BCUT2D eigenvalue weighted by atomic mass is 9.90. The number of benzene rings is 1. The van der Waals surface area contributed by atoms with E-state index in [1.807, 2.05) is 33.8 Å². The number of hydrogen-bond acceptors (Lipinski definition) is 2. The highest BCUT2D eigenvalue weighted by atomic mass is 16.4. The molecule has 1 aromatic carbocycles. The summed E-state index contributed by atoms with van der Waals surface area (Å²) in [6.45, 7) is 7.70. The van der Waals surface area contributed by atoms with Crippen LogP contribution >= 0.6 is 0 Å². The van der Waals surface area contributed by atoms with Crippen molar-refractivity contribution in [3.05, 3.63) is 44.4 Å². The van der Waals surface area contributed by atoms with Gasteiger partial charge in [0, 0.05) is 0 Å². The molecule has 5 heteroatoms. The van der Waals surface area contributed by atoms with Crippen molar-refractivity contribution >= 4 is 5.97 Å². The van der Waals surface area contributed by atoms with E-state index in [2.05, 4.69) is 10.2 Å². The Morgan fingerprint density at radius 3 is 2.00 bits per heavy atom. The van der Waals surface area contributed by atoms with Gasteiger partial charge in [-0.25, -0.2) is 4.79 Å². The van der Waals surface area contributed by atoms with E-state index in [1.54, 1.807) is 0 Å². The van der Waals surface area contributed by atoms with Crippen molar-refractivity contribution in [3.8, 4) is 11.1 Å². The summed E-state index contributed by atoms with van der Waals surface area (Å²) in [7, 11) is 0. The topological polar surface area (TPSA) is 85.9 Å². The van der Waals surface area contributed by atoms with Gasteiger partial charge in [-0.15, -0.1) is 0 Å². The van der Waals surface area contributed by atoms with Crippen LogP contribution in [0.25, 0.3) is 11.1 Å². The fraction of sp³-hybridized carbons (Fsp3) is 0.286.